The van der Waals surface area contributed by atoms with Gasteiger partial charge in [-0.15, -0.1) is 12.4 Å². The first-order valence-corrected chi connectivity index (χ1v) is 21.2. The molecule has 0 amide bonds. The van der Waals surface area contributed by atoms with E-state index in [1.807, 2.05) is 125 Å². The molecule has 0 radical (unpaired) electrons. The fraction of sp³-hybridized carbons (Fsp3) is 0.226. The van der Waals surface area contributed by atoms with Gasteiger partial charge in [-0.05, 0) is 85.3 Å². The van der Waals surface area contributed by atoms with E-state index in [4.69, 9.17) is 18.9 Å². The molecule has 0 heterocycles. The van der Waals surface area contributed by atoms with Crippen LogP contribution in [0.4, 0.5) is 0 Å². The smallest absolute Gasteiger partial charge is 0.315 e. The average molecular weight is 897 g/mol. The van der Waals surface area contributed by atoms with Gasteiger partial charge in [0.2, 0.25) is 0 Å². The van der Waals surface area contributed by atoms with E-state index in [0.717, 1.165) is 22.3 Å². The van der Waals surface area contributed by atoms with Crippen LogP contribution in [0.15, 0.2) is 158 Å². The number of carbonyl (C=O) groups excluding carboxylic acids is 5. The Morgan fingerprint density at radius 3 is 0.908 bits per heavy atom. The van der Waals surface area contributed by atoms with Crippen molar-refractivity contribution in [3.63, 3.8) is 0 Å². The number of benzene rings is 6. The van der Waals surface area contributed by atoms with Gasteiger partial charge in [-0.3, -0.25) is 24.0 Å². The molecule has 2 unspecified atom stereocenters. The van der Waals surface area contributed by atoms with E-state index in [1.54, 1.807) is 36.4 Å². The molecule has 336 valence electrons. The molecular weight excluding hydrogens is 844 g/mol. The molecule has 6 aromatic rings. The third kappa shape index (κ3) is 15.1. The number of hydrogen-bond donors (Lipinski definition) is 2. The molecule has 2 N–H and O–H groups in total. The van der Waals surface area contributed by atoms with Gasteiger partial charge in [0.15, 0.2) is 28.8 Å². The van der Waals surface area contributed by atoms with Crippen LogP contribution in [0, 0.1) is 0 Å². The van der Waals surface area contributed by atoms with Gasteiger partial charge in [-0.2, -0.15) is 0 Å². The normalized spacial score (nSPS) is 11.8. The Labute approximate surface area is 385 Å². The highest BCUT2D eigenvalue weighted by Gasteiger charge is 2.33. The van der Waals surface area contributed by atoms with Crippen LogP contribution in [-0.4, -0.2) is 41.7 Å². The van der Waals surface area contributed by atoms with Crippen molar-refractivity contribution in [2.75, 3.05) is 0 Å². The number of halogens is 1. The van der Waals surface area contributed by atoms with Crippen LogP contribution in [-0.2, 0) is 49.7 Å². The summed E-state index contributed by atoms with van der Waals surface area (Å²) in [6, 6.07) is 43.4. The number of nitrogens with one attached hydrogen (secondary N) is 2. The van der Waals surface area contributed by atoms with Crippen molar-refractivity contribution in [1.82, 2.24) is 10.6 Å². The van der Waals surface area contributed by atoms with Crippen LogP contribution < -0.4 is 29.6 Å². The van der Waals surface area contributed by atoms with Gasteiger partial charge in [-0.1, -0.05) is 133 Å². The lowest BCUT2D eigenvalue weighted by molar-refractivity contribution is -0.136. The van der Waals surface area contributed by atoms with E-state index in [-0.39, 0.29) is 79.0 Å². The van der Waals surface area contributed by atoms with Gasteiger partial charge in [0.1, 0.15) is 0 Å². The van der Waals surface area contributed by atoms with Gasteiger partial charge in [-0.25, -0.2) is 0 Å². The van der Waals surface area contributed by atoms with Crippen molar-refractivity contribution in [3.8, 4) is 23.0 Å². The van der Waals surface area contributed by atoms with Crippen molar-refractivity contribution in [2.24, 2.45) is 0 Å². The first-order chi connectivity index (χ1) is 30.9. The Morgan fingerprint density at radius 2 is 0.646 bits per heavy atom. The Morgan fingerprint density at radius 1 is 0.385 bits per heavy atom. The summed E-state index contributed by atoms with van der Waals surface area (Å²) in [6.45, 7) is 7.59. The van der Waals surface area contributed by atoms with Crippen LogP contribution in [0.2, 0.25) is 0 Å². The molecule has 2 atom stereocenters. The monoisotopic (exact) mass is 896 g/mol. The topological polar surface area (TPSA) is 146 Å². The molecule has 0 fully saturated rings. The summed E-state index contributed by atoms with van der Waals surface area (Å²) >= 11 is 0. The summed E-state index contributed by atoms with van der Waals surface area (Å²) in [7, 11) is 0. The van der Waals surface area contributed by atoms with E-state index < -0.39 is 36.0 Å². The standard InChI is InChI=1S/C53H52N2O9.ClH/c1-35(2)54-51(41-25-27-43(61-47(56)29-37-17-9-5-10-18-37)45(33-41)63-49(58)31-39-21-13-7-14-22-39)53(60)52(55-36(3)4)42-26-28-44(62-48(57)30-38-19-11-6-12-20-38)46(34-42)64-50(59)32-40-23-15-8-16-24-40;/h5-28,33-36,51-52,54-55H,29-32H2,1-4H3;1H. The van der Waals surface area contributed by atoms with Crippen molar-refractivity contribution in [2.45, 2.75) is 77.5 Å². The largest absolute Gasteiger partial charge is 0.422 e. The number of Topliss-reactive ketones (excluding diaryl/α,β-unsaturated/α-hetero) is 1. The fourth-order valence-corrected chi connectivity index (χ4v) is 6.94. The Bertz CT molecular complexity index is 2340. The minimum atomic E-state index is -0.996. The number of ether oxygens (including phenoxy) is 4. The van der Waals surface area contributed by atoms with Gasteiger partial charge < -0.3 is 29.6 Å². The lowest BCUT2D eigenvalue weighted by atomic mass is 9.91. The van der Waals surface area contributed by atoms with Crippen molar-refractivity contribution >= 4 is 42.1 Å². The lowest BCUT2D eigenvalue weighted by Gasteiger charge is -2.28. The van der Waals surface area contributed by atoms with Crippen molar-refractivity contribution in [1.29, 1.82) is 0 Å². The second-order valence-electron chi connectivity index (χ2n) is 15.9. The number of rotatable bonds is 20. The second kappa shape index (κ2) is 24.2. The Balaban J connectivity index is 0.00000793. The maximum absolute atomic E-state index is 15.1. The molecular formula is C53H53ClN2O9. The molecule has 6 aromatic carbocycles. The van der Waals surface area contributed by atoms with Gasteiger partial charge in [0.25, 0.3) is 0 Å². The highest BCUT2D eigenvalue weighted by molar-refractivity contribution is 5.92. The van der Waals surface area contributed by atoms with Crippen molar-refractivity contribution in [3.05, 3.63) is 191 Å². The SMILES string of the molecule is CC(C)NC(C(=O)C(NC(C)C)c1ccc(OC(=O)Cc2ccccc2)c(OC(=O)Cc2ccccc2)c1)c1ccc(OC(=O)Cc2ccccc2)c(OC(=O)Cc2ccccc2)c1.Cl. The summed E-state index contributed by atoms with van der Waals surface area (Å²) in [5.74, 6) is -2.70. The highest BCUT2D eigenvalue weighted by atomic mass is 35.5. The van der Waals surface area contributed by atoms with Crippen LogP contribution in [0.3, 0.4) is 0 Å². The summed E-state index contributed by atoms with van der Waals surface area (Å²) < 4.78 is 23.4. The molecule has 65 heavy (non-hydrogen) atoms. The fourth-order valence-electron chi connectivity index (χ4n) is 6.94. The zero-order chi connectivity index (χ0) is 45.4. The van der Waals surface area contributed by atoms with Crippen LogP contribution in [0.5, 0.6) is 23.0 Å². The number of hydrogen-bond acceptors (Lipinski definition) is 11. The quantitative estimate of drug-likeness (QED) is 0.0559. The summed E-state index contributed by atoms with van der Waals surface area (Å²) in [5.41, 5.74) is 3.81. The van der Waals surface area contributed by atoms with Gasteiger partial charge in [0, 0.05) is 12.1 Å². The Hall–Kier alpha value is -6.92. The lowest BCUT2D eigenvalue weighted by Crippen LogP contribution is -2.42. The Kier molecular flexibility index (Phi) is 18.3. The van der Waals surface area contributed by atoms with E-state index in [1.165, 1.54) is 24.3 Å². The molecule has 0 aromatic heterocycles. The molecule has 0 bridgehead atoms. The van der Waals surface area contributed by atoms with Crippen LogP contribution in [0.1, 0.15) is 73.2 Å². The first kappa shape index (κ1) is 49.1. The minimum absolute atomic E-state index is 0. The van der Waals surface area contributed by atoms with E-state index >= 15 is 4.79 Å². The predicted octanol–water partition coefficient (Wildman–Crippen LogP) is 9.05. The van der Waals surface area contributed by atoms with Gasteiger partial charge >= 0.3 is 23.9 Å². The maximum Gasteiger partial charge on any atom is 0.315 e. The molecule has 0 aliphatic heterocycles. The van der Waals surface area contributed by atoms with E-state index in [0.29, 0.717) is 11.1 Å². The molecule has 0 saturated carbocycles. The van der Waals surface area contributed by atoms with Crippen molar-refractivity contribution < 1.29 is 42.9 Å². The minimum Gasteiger partial charge on any atom is -0.422 e. The number of esters is 4. The third-order valence-corrected chi connectivity index (χ3v) is 9.83. The number of carbonyl (C=O) groups is 5. The summed E-state index contributed by atoms with van der Waals surface area (Å²) in [5, 5.41) is 6.75. The first-order valence-electron chi connectivity index (χ1n) is 21.2. The molecule has 0 saturated heterocycles. The van der Waals surface area contributed by atoms with E-state index in [9.17, 15) is 19.2 Å². The highest BCUT2D eigenvalue weighted by Crippen LogP contribution is 2.36. The summed E-state index contributed by atoms with van der Waals surface area (Å²) in [6.07, 6.45) is -0.142. The molecule has 12 heteroatoms. The third-order valence-electron chi connectivity index (χ3n) is 9.83. The second-order valence-corrected chi connectivity index (χ2v) is 15.9. The average Bonchev–Trinajstić information content (AvgIpc) is 3.27. The van der Waals surface area contributed by atoms with Gasteiger partial charge in [0.05, 0.1) is 37.8 Å². The molecule has 11 nitrogen and oxygen atoms in total. The zero-order valence-corrected chi connectivity index (χ0v) is 37.5. The van der Waals surface area contributed by atoms with E-state index in [2.05, 4.69) is 10.6 Å². The molecule has 0 spiro atoms. The van der Waals surface area contributed by atoms with Crippen LogP contribution in [0.25, 0.3) is 0 Å². The van der Waals surface area contributed by atoms with Crippen LogP contribution >= 0.6 is 12.4 Å². The maximum atomic E-state index is 15.1. The number of ketones is 1. The predicted molar refractivity (Wildman–Crippen MR) is 250 cm³/mol. The molecule has 0 aliphatic rings. The molecule has 6 rings (SSSR count). The zero-order valence-electron chi connectivity index (χ0n) is 36.7. The summed E-state index contributed by atoms with van der Waals surface area (Å²) in [4.78, 5) is 68.2. The molecule has 0 aliphatic carbocycles.